The van der Waals surface area contributed by atoms with Crippen molar-refractivity contribution in [2.24, 2.45) is 0 Å². The molecule has 2 heteroatoms. The van der Waals surface area contributed by atoms with Gasteiger partial charge in [0.2, 0.25) is 0 Å². The number of hydrogen-bond acceptors (Lipinski definition) is 2. The largest absolute Gasteiger partial charge is 0.355 e. The first-order valence-electron chi connectivity index (χ1n) is 6.49. The molecule has 2 aromatic rings. The second kappa shape index (κ2) is 3.64. The fourth-order valence-corrected chi connectivity index (χ4v) is 2.80. The van der Waals surface area contributed by atoms with Crippen LogP contribution in [-0.2, 0) is 0 Å². The Morgan fingerprint density at radius 1 is 1.00 bits per heavy atom. The van der Waals surface area contributed by atoms with Crippen molar-refractivity contribution in [2.75, 3.05) is 23.5 Å². The standard InChI is InChI=1S/C16H20N2/c1-16(2,3)18-11-17(4)15-13-8-6-5-7-12(13)9-10-14(15)18/h5-10H,11H2,1-4H3. The summed E-state index contributed by atoms with van der Waals surface area (Å²) in [5, 5.41) is 2.67. The third kappa shape index (κ3) is 1.56. The van der Waals surface area contributed by atoms with E-state index in [0.29, 0.717) is 0 Å². The van der Waals surface area contributed by atoms with Crippen molar-refractivity contribution < 1.29 is 0 Å². The molecule has 0 saturated heterocycles. The zero-order chi connectivity index (χ0) is 12.9. The van der Waals surface area contributed by atoms with Gasteiger partial charge in [-0.05, 0) is 32.2 Å². The van der Waals surface area contributed by atoms with E-state index in [1.165, 1.54) is 22.1 Å². The van der Waals surface area contributed by atoms with Gasteiger partial charge < -0.3 is 9.80 Å². The van der Waals surface area contributed by atoms with E-state index in [0.717, 1.165) is 6.67 Å². The molecule has 0 aromatic heterocycles. The maximum atomic E-state index is 2.47. The minimum Gasteiger partial charge on any atom is -0.355 e. The van der Waals surface area contributed by atoms with E-state index in [1.807, 2.05) is 0 Å². The predicted molar refractivity (Wildman–Crippen MR) is 79.5 cm³/mol. The molecule has 94 valence electrons. The normalized spacial score (nSPS) is 15.3. The molecular weight excluding hydrogens is 220 g/mol. The Balaban J connectivity index is 2.26. The van der Waals surface area contributed by atoms with Gasteiger partial charge in [0.25, 0.3) is 0 Å². The van der Waals surface area contributed by atoms with Gasteiger partial charge in [-0.1, -0.05) is 30.3 Å². The summed E-state index contributed by atoms with van der Waals surface area (Å²) in [4.78, 5) is 4.82. The summed E-state index contributed by atoms with van der Waals surface area (Å²) in [6, 6.07) is 13.1. The molecule has 0 atom stereocenters. The summed E-state index contributed by atoms with van der Waals surface area (Å²) in [6.07, 6.45) is 0. The van der Waals surface area contributed by atoms with E-state index >= 15 is 0 Å². The maximum Gasteiger partial charge on any atom is 0.0906 e. The van der Waals surface area contributed by atoms with Crippen LogP contribution in [0.3, 0.4) is 0 Å². The number of nitrogens with zero attached hydrogens (tertiary/aromatic N) is 2. The molecule has 3 rings (SSSR count). The van der Waals surface area contributed by atoms with Crippen molar-refractivity contribution >= 4 is 22.1 Å². The third-order valence-electron chi connectivity index (χ3n) is 3.72. The molecule has 0 saturated carbocycles. The van der Waals surface area contributed by atoms with E-state index in [2.05, 4.69) is 74.0 Å². The summed E-state index contributed by atoms with van der Waals surface area (Å²) in [5.41, 5.74) is 2.87. The van der Waals surface area contributed by atoms with Crippen LogP contribution in [-0.4, -0.2) is 19.3 Å². The SMILES string of the molecule is CN1CN(C(C)(C)C)c2ccc3ccccc3c21. The molecule has 18 heavy (non-hydrogen) atoms. The second-order valence-corrected chi connectivity index (χ2v) is 6.09. The van der Waals surface area contributed by atoms with Crippen LogP contribution in [0.15, 0.2) is 36.4 Å². The van der Waals surface area contributed by atoms with Gasteiger partial charge in [-0.25, -0.2) is 0 Å². The molecule has 1 heterocycles. The van der Waals surface area contributed by atoms with Gasteiger partial charge in [-0.15, -0.1) is 0 Å². The smallest absolute Gasteiger partial charge is 0.0906 e. The zero-order valence-corrected chi connectivity index (χ0v) is 11.6. The number of rotatable bonds is 0. The Morgan fingerprint density at radius 3 is 2.44 bits per heavy atom. The lowest BCUT2D eigenvalue weighted by Gasteiger charge is -2.34. The van der Waals surface area contributed by atoms with Crippen LogP contribution in [0, 0.1) is 0 Å². The van der Waals surface area contributed by atoms with E-state index in [-0.39, 0.29) is 5.54 Å². The van der Waals surface area contributed by atoms with Crippen LogP contribution in [0.1, 0.15) is 20.8 Å². The first kappa shape index (κ1) is 11.4. The fraction of sp³-hybridized carbons (Fsp3) is 0.375. The molecule has 0 spiro atoms. The summed E-state index contributed by atoms with van der Waals surface area (Å²) >= 11 is 0. The Labute approximate surface area is 109 Å². The molecule has 0 radical (unpaired) electrons. The van der Waals surface area contributed by atoms with Crippen molar-refractivity contribution in [2.45, 2.75) is 26.3 Å². The quantitative estimate of drug-likeness (QED) is 0.690. The number of anilines is 2. The van der Waals surface area contributed by atoms with Crippen LogP contribution >= 0.6 is 0 Å². The van der Waals surface area contributed by atoms with Crippen molar-refractivity contribution in [1.29, 1.82) is 0 Å². The Kier molecular flexibility index (Phi) is 2.31. The minimum atomic E-state index is 0.155. The van der Waals surface area contributed by atoms with Gasteiger partial charge in [0.1, 0.15) is 0 Å². The number of benzene rings is 2. The lowest BCUT2D eigenvalue weighted by molar-refractivity contribution is 0.516. The average Bonchev–Trinajstić information content (AvgIpc) is 2.67. The highest BCUT2D eigenvalue weighted by molar-refractivity contribution is 6.02. The molecule has 0 N–H and O–H groups in total. The lowest BCUT2D eigenvalue weighted by atomic mass is 10.0. The highest BCUT2D eigenvalue weighted by atomic mass is 15.4. The maximum absolute atomic E-state index is 2.47. The predicted octanol–water partition coefficient (Wildman–Crippen LogP) is 3.85. The highest BCUT2D eigenvalue weighted by Crippen LogP contribution is 2.43. The van der Waals surface area contributed by atoms with Crippen LogP contribution in [0.4, 0.5) is 11.4 Å². The molecule has 2 nitrogen and oxygen atoms in total. The van der Waals surface area contributed by atoms with Crippen molar-refractivity contribution in [3.8, 4) is 0 Å². The van der Waals surface area contributed by atoms with E-state index < -0.39 is 0 Å². The monoisotopic (exact) mass is 240 g/mol. The van der Waals surface area contributed by atoms with E-state index in [4.69, 9.17) is 0 Å². The van der Waals surface area contributed by atoms with Gasteiger partial charge in [0.15, 0.2) is 0 Å². The van der Waals surface area contributed by atoms with Crippen molar-refractivity contribution in [1.82, 2.24) is 0 Å². The first-order chi connectivity index (χ1) is 8.48. The molecule has 0 fully saturated rings. The van der Waals surface area contributed by atoms with Gasteiger partial charge in [0.05, 0.1) is 18.0 Å². The molecular formula is C16H20N2. The second-order valence-electron chi connectivity index (χ2n) is 6.09. The number of hydrogen-bond donors (Lipinski definition) is 0. The topological polar surface area (TPSA) is 6.48 Å². The lowest BCUT2D eigenvalue weighted by Crippen LogP contribution is -2.42. The Morgan fingerprint density at radius 2 is 1.72 bits per heavy atom. The van der Waals surface area contributed by atoms with Crippen LogP contribution < -0.4 is 9.80 Å². The molecule has 0 aliphatic carbocycles. The number of fused-ring (bicyclic) bond motifs is 3. The van der Waals surface area contributed by atoms with Crippen molar-refractivity contribution in [3.63, 3.8) is 0 Å². The van der Waals surface area contributed by atoms with E-state index in [1.54, 1.807) is 0 Å². The van der Waals surface area contributed by atoms with E-state index in [9.17, 15) is 0 Å². The highest BCUT2D eigenvalue weighted by Gasteiger charge is 2.32. The Bertz CT molecular complexity index is 596. The first-order valence-corrected chi connectivity index (χ1v) is 6.49. The molecule has 2 aromatic carbocycles. The summed E-state index contributed by atoms with van der Waals surface area (Å²) in [7, 11) is 2.18. The molecule has 1 aliphatic rings. The summed E-state index contributed by atoms with van der Waals surface area (Å²) < 4.78 is 0. The van der Waals surface area contributed by atoms with Gasteiger partial charge in [-0.2, -0.15) is 0 Å². The van der Waals surface area contributed by atoms with Crippen LogP contribution in [0.2, 0.25) is 0 Å². The molecule has 0 amide bonds. The van der Waals surface area contributed by atoms with Gasteiger partial charge in [-0.3, -0.25) is 0 Å². The fourth-order valence-electron chi connectivity index (χ4n) is 2.80. The van der Waals surface area contributed by atoms with Crippen LogP contribution in [0.5, 0.6) is 0 Å². The summed E-state index contributed by atoms with van der Waals surface area (Å²) in [6.45, 7) is 7.77. The minimum absolute atomic E-state index is 0.155. The van der Waals surface area contributed by atoms with Gasteiger partial charge in [0, 0.05) is 18.0 Å². The summed E-state index contributed by atoms with van der Waals surface area (Å²) in [5.74, 6) is 0. The molecule has 1 aliphatic heterocycles. The third-order valence-corrected chi connectivity index (χ3v) is 3.72. The van der Waals surface area contributed by atoms with Crippen LogP contribution in [0.25, 0.3) is 10.8 Å². The molecule has 0 unspecified atom stereocenters. The molecule has 0 bridgehead atoms. The zero-order valence-electron chi connectivity index (χ0n) is 11.6. The average molecular weight is 240 g/mol. The van der Waals surface area contributed by atoms with Gasteiger partial charge >= 0.3 is 0 Å². The van der Waals surface area contributed by atoms with Crippen molar-refractivity contribution in [3.05, 3.63) is 36.4 Å². The Hall–Kier alpha value is -1.70.